The van der Waals surface area contributed by atoms with Crippen molar-refractivity contribution in [1.29, 1.82) is 0 Å². The monoisotopic (exact) mass is 1100 g/mol. The molecule has 4 aromatic carbocycles. The number of fused-ring (bicyclic) bond motifs is 3. The lowest BCUT2D eigenvalue weighted by Crippen LogP contribution is -2.61. The van der Waals surface area contributed by atoms with Gasteiger partial charge in [0.25, 0.3) is 0 Å². The SMILES string of the molecule is Cc1ccccc1C[C@H](NC(=O)[C@H](CCC(=O)OC(C)(C)C)NC(=O)[C@H](CC(=O)OC(C)(C)C)NC(=O)OCC1c2ccccc2-c2ccccc21)C(=O)N[C@H](C(=O)N[C@@H](CC1CCCC1)C(=O)OCc1ccccc1)C(C)(C)C. The molecule has 430 valence electrons. The number of carbonyl (C=O) groups excluding carboxylic acids is 8. The average molecular weight is 1100 g/mol. The van der Waals surface area contributed by atoms with Gasteiger partial charge < -0.3 is 45.5 Å². The third kappa shape index (κ3) is 18.5. The van der Waals surface area contributed by atoms with Crippen LogP contribution in [0.5, 0.6) is 0 Å². The summed E-state index contributed by atoms with van der Waals surface area (Å²) in [7, 11) is 0. The van der Waals surface area contributed by atoms with E-state index in [2.05, 4.69) is 26.6 Å². The lowest BCUT2D eigenvalue weighted by Gasteiger charge is -2.33. The zero-order valence-electron chi connectivity index (χ0n) is 48.0. The fourth-order valence-corrected chi connectivity index (χ4v) is 10.1. The number of nitrogens with one attached hydrogen (secondary N) is 5. The summed E-state index contributed by atoms with van der Waals surface area (Å²) in [6.07, 6.45) is 1.69. The standard InChI is InChI=1S/C63H81N5O12/c1-39-22-14-17-27-42(39)35-49(57(73)68-54(61(2,3)4)58(74)66-51(34-40-23-15-16-24-40)59(75)77-37-41-25-12-11-13-26-41)65-55(71)48(32-33-52(69)79-62(5,6)7)64-56(72)50(36-53(70)80-63(8,9)10)67-60(76)78-38-47-45-30-20-18-28-43(45)44-29-19-21-31-46(44)47/h11-14,17-22,25-31,40,47-51,54H,15-16,23-24,32-38H2,1-10H3,(H,64,72)(H,65,71)(H,66,74)(H,67,76)(H,68,73)/t48-,49-,50-,51-,54+/m0/s1. The molecule has 1 fully saturated rings. The van der Waals surface area contributed by atoms with Crippen LogP contribution >= 0.6 is 0 Å². The summed E-state index contributed by atoms with van der Waals surface area (Å²) in [5, 5.41) is 13.8. The minimum atomic E-state index is -1.65. The highest BCUT2D eigenvalue weighted by Crippen LogP contribution is 2.44. The summed E-state index contributed by atoms with van der Waals surface area (Å²) < 4.78 is 22.6. The molecule has 1 saturated carbocycles. The number of carbonyl (C=O) groups is 8. The van der Waals surface area contributed by atoms with Crippen molar-refractivity contribution >= 4 is 47.6 Å². The first-order chi connectivity index (χ1) is 37.7. The highest BCUT2D eigenvalue weighted by atomic mass is 16.6. The van der Waals surface area contributed by atoms with Crippen LogP contribution in [0.25, 0.3) is 11.1 Å². The first-order valence-corrected chi connectivity index (χ1v) is 27.8. The molecule has 0 spiro atoms. The molecule has 0 aromatic heterocycles. The van der Waals surface area contributed by atoms with Gasteiger partial charge in [-0.15, -0.1) is 0 Å². The Morgan fingerprint density at radius 1 is 0.550 bits per heavy atom. The predicted molar refractivity (Wildman–Crippen MR) is 302 cm³/mol. The van der Waals surface area contributed by atoms with Gasteiger partial charge in [0.1, 0.15) is 54.6 Å². The van der Waals surface area contributed by atoms with Crippen LogP contribution in [0.4, 0.5) is 4.79 Å². The molecule has 2 aliphatic carbocycles. The minimum Gasteiger partial charge on any atom is -0.460 e. The summed E-state index contributed by atoms with van der Waals surface area (Å²) in [5.74, 6) is -5.54. The molecule has 17 heteroatoms. The van der Waals surface area contributed by atoms with Gasteiger partial charge in [0.15, 0.2) is 0 Å². The molecule has 0 radical (unpaired) electrons. The van der Waals surface area contributed by atoms with Crippen LogP contribution in [0, 0.1) is 18.3 Å². The van der Waals surface area contributed by atoms with Gasteiger partial charge in [-0.05, 0) is 112 Å². The van der Waals surface area contributed by atoms with Crippen molar-refractivity contribution in [2.45, 2.75) is 181 Å². The molecular weight excluding hydrogens is 1020 g/mol. The van der Waals surface area contributed by atoms with E-state index in [1.165, 1.54) is 0 Å². The number of aryl methyl sites for hydroxylation is 1. The molecule has 17 nitrogen and oxygen atoms in total. The van der Waals surface area contributed by atoms with E-state index in [0.29, 0.717) is 12.0 Å². The molecule has 0 heterocycles. The molecule has 5 N–H and O–H groups in total. The van der Waals surface area contributed by atoms with Crippen molar-refractivity contribution in [2.24, 2.45) is 11.3 Å². The number of alkyl carbamates (subject to hydrolysis) is 1. The van der Waals surface area contributed by atoms with Crippen molar-refractivity contribution in [3.8, 4) is 11.1 Å². The van der Waals surface area contributed by atoms with Gasteiger partial charge >= 0.3 is 24.0 Å². The minimum absolute atomic E-state index is 0.00906. The van der Waals surface area contributed by atoms with Crippen LogP contribution in [0.3, 0.4) is 0 Å². The van der Waals surface area contributed by atoms with Gasteiger partial charge in [-0.3, -0.25) is 28.8 Å². The van der Waals surface area contributed by atoms with Gasteiger partial charge in [0, 0.05) is 18.8 Å². The molecule has 2 aliphatic rings. The lowest BCUT2D eigenvalue weighted by molar-refractivity contribution is -0.156. The first-order valence-electron chi connectivity index (χ1n) is 27.8. The molecule has 80 heavy (non-hydrogen) atoms. The maximum atomic E-state index is 14.9. The Balaban J connectivity index is 1.25. The summed E-state index contributed by atoms with van der Waals surface area (Å²) in [5.41, 5.74) is 3.38. The van der Waals surface area contributed by atoms with E-state index in [4.69, 9.17) is 18.9 Å². The summed E-state index contributed by atoms with van der Waals surface area (Å²) in [6, 6.07) is 25.2. The molecule has 0 aliphatic heterocycles. The van der Waals surface area contributed by atoms with Crippen molar-refractivity contribution in [2.75, 3.05) is 6.61 Å². The summed E-state index contributed by atoms with van der Waals surface area (Å²) >= 11 is 0. The van der Waals surface area contributed by atoms with E-state index in [9.17, 15) is 38.4 Å². The highest BCUT2D eigenvalue weighted by Gasteiger charge is 2.40. The molecule has 0 unspecified atom stereocenters. The molecule has 5 atom stereocenters. The first kappa shape index (κ1) is 61.6. The third-order valence-electron chi connectivity index (χ3n) is 14.0. The maximum Gasteiger partial charge on any atom is 0.407 e. The van der Waals surface area contributed by atoms with Gasteiger partial charge in [-0.1, -0.05) is 150 Å². The number of benzene rings is 4. The molecule has 6 rings (SSSR count). The summed E-state index contributed by atoms with van der Waals surface area (Å²) in [6.45, 7) is 17.0. The zero-order chi connectivity index (χ0) is 58.4. The van der Waals surface area contributed by atoms with Crippen molar-refractivity contribution in [3.05, 3.63) is 131 Å². The Labute approximate surface area is 470 Å². The van der Waals surface area contributed by atoms with Crippen LogP contribution < -0.4 is 26.6 Å². The van der Waals surface area contributed by atoms with Crippen LogP contribution in [-0.4, -0.2) is 95.6 Å². The molecule has 5 amide bonds. The smallest absolute Gasteiger partial charge is 0.407 e. The van der Waals surface area contributed by atoms with Gasteiger partial charge in [0.2, 0.25) is 23.6 Å². The molecular formula is C63H81N5O12. The number of hydrogen-bond acceptors (Lipinski definition) is 12. The zero-order valence-corrected chi connectivity index (χ0v) is 48.0. The van der Waals surface area contributed by atoms with Crippen LogP contribution in [-0.2, 0) is 65.5 Å². The second-order valence-corrected chi connectivity index (χ2v) is 24.0. The second kappa shape index (κ2) is 27.5. The van der Waals surface area contributed by atoms with E-state index in [1.807, 2.05) is 97.9 Å². The average Bonchev–Trinajstić information content (AvgIpc) is 4.05. The number of amides is 5. The predicted octanol–water partition coefficient (Wildman–Crippen LogP) is 8.61. The van der Waals surface area contributed by atoms with E-state index >= 15 is 0 Å². The Bertz CT molecular complexity index is 2780. The fourth-order valence-electron chi connectivity index (χ4n) is 10.1. The molecule has 0 saturated heterocycles. The Kier molecular flexibility index (Phi) is 21.2. The molecule has 4 aromatic rings. The van der Waals surface area contributed by atoms with Crippen molar-refractivity contribution < 1.29 is 57.3 Å². The number of rotatable bonds is 23. The van der Waals surface area contributed by atoms with Crippen LogP contribution in [0.15, 0.2) is 103 Å². The van der Waals surface area contributed by atoms with Gasteiger partial charge in [-0.2, -0.15) is 0 Å². The van der Waals surface area contributed by atoms with Crippen LogP contribution in [0.1, 0.15) is 147 Å². The van der Waals surface area contributed by atoms with E-state index in [0.717, 1.165) is 59.1 Å². The van der Waals surface area contributed by atoms with Crippen molar-refractivity contribution in [1.82, 2.24) is 26.6 Å². The van der Waals surface area contributed by atoms with Crippen molar-refractivity contribution in [3.63, 3.8) is 0 Å². The summed E-state index contributed by atoms with van der Waals surface area (Å²) in [4.78, 5) is 113. The van der Waals surface area contributed by atoms with Crippen LogP contribution in [0.2, 0.25) is 0 Å². The van der Waals surface area contributed by atoms with E-state index in [-0.39, 0.29) is 44.3 Å². The van der Waals surface area contributed by atoms with Gasteiger partial charge in [-0.25, -0.2) is 9.59 Å². The Morgan fingerprint density at radius 3 is 1.68 bits per heavy atom. The highest BCUT2D eigenvalue weighted by molar-refractivity contribution is 5.97. The number of ether oxygens (including phenoxy) is 4. The third-order valence-corrected chi connectivity index (χ3v) is 14.0. The van der Waals surface area contributed by atoms with E-state index in [1.54, 1.807) is 74.4 Å². The fraction of sp³-hybridized carbons (Fsp3) is 0.492. The quantitative estimate of drug-likeness (QED) is 0.0347. The maximum absolute atomic E-state index is 14.9. The largest absolute Gasteiger partial charge is 0.460 e. The normalized spacial score (nSPS) is 15.3. The second-order valence-electron chi connectivity index (χ2n) is 24.0. The van der Waals surface area contributed by atoms with E-state index < -0.39 is 101 Å². The Morgan fingerprint density at radius 2 is 1.07 bits per heavy atom. The number of esters is 3. The molecule has 0 bridgehead atoms. The Hall–Kier alpha value is -7.56. The lowest BCUT2D eigenvalue weighted by atomic mass is 9.85. The topological polar surface area (TPSA) is 234 Å². The van der Waals surface area contributed by atoms with Gasteiger partial charge in [0.05, 0.1) is 6.42 Å². The number of hydrogen-bond donors (Lipinski definition) is 5.